The minimum Gasteiger partial charge on any atom is -0.264 e. The van der Waals surface area contributed by atoms with Crippen molar-refractivity contribution in [2.75, 3.05) is 5.23 Å². The molecule has 4 heteroatoms. The van der Waals surface area contributed by atoms with E-state index in [2.05, 4.69) is 0 Å². The third-order valence-electron chi connectivity index (χ3n) is 1.06. The first-order chi connectivity index (χ1) is 4.70. The Labute approximate surface area is 63.0 Å². The van der Waals surface area contributed by atoms with Gasteiger partial charge in [-0.15, -0.1) is 5.23 Å². The molecule has 0 fully saturated rings. The number of hydrogen-bond donors (Lipinski definition) is 2. The minimum absolute atomic E-state index is 0.0380. The minimum atomic E-state index is 0.0380. The Morgan fingerprint density at radius 2 is 1.60 bits per heavy atom. The summed E-state index contributed by atoms with van der Waals surface area (Å²) in [5.41, 5.74) is 0.282. The van der Waals surface area contributed by atoms with Crippen molar-refractivity contribution in [3.05, 3.63) is 29.3 Å². The zero-order valence-corrected chi connectivity index (χ0v) is 5.78. The van der Waals surface area contributed by atoms with Crippen LogP contribution in [-0.2, 0) is 0 Å². The van der Waals surface area contributed by atoms with Gasteiger partial charge in [0.25, 0.3) is 0 Å². The van der Waals surface area contributed by atoms with Gasteiger partial charge < -0.3 is 0 Å². The van der Waals surface area contributed by atoms with E-state index in [0.717, 1.165) is 0 Å². The maximum absolute atomic E-state index is 8.46. The predicted molar refractivity (Wildman–Crippen MR) is 37.5 cm³/mol. The quantitative estimate of drug-likeness (QED) is 0.616. The van der Waals surface area contributed by atoms with E-state index in [1.54, 1.807) is 12.1 Å². The van der Waals surface area contributed by atoms with Crippen LogP contribution in [0.2, 0.25) is 5.02 Å². The first-order valence-corrected chi connectivity index (χ1v) is 3.01. The second kappa shape index (κ2) is 2.88. The van der Waals surface area contributed by atoms with Gasteiger partial charge in [-0.2, -0.15) is 0 Å². The summed E-state index contributed by atoms with van der Waals surface area (Å²) >= 11 is 5.53. The van der Waals surface area contributed by atoms with E-state index in [0.29, 0.717) is 5.02 Å². The zero-order valence-electron chi connectivity index (χ0n) is 5.03. The van der Waals surface area contributed by atoms with Crippen molar-refractivity contribution in [2.24, 2.45) is 0 Å². The van der Waals surface area contributed by atoms with Crippen molar-refractivity contribution in [1.29, 1.82) is 0 Å². The molecule has 0 unspecified atom stereocenters. The molecule has 54 valence electrons. The van der Waals surface area contributed by atoms with Gasteiger partial charge in [0.05, 0.1) is 5.69 Å². The molecule has 0 saturated carbocycles. The highest BCUT2D eigenvalue weighted by Gasteiger charge is 1.95. The van der Waals surface area contributed by atoms with Crippen LogP contribution in [0.3, 0.4) is 0 Å². The molecule has 0 aliphatic rings. The Kier molecular flexibility index (Phi) is 2.11. The molecule has 0 aliphatic carbocycles. The van der Waals surface area contributed by atoms with E-state index in [4.69, 9.17) is 22.0 Å². The van der Waals surface area contributed by atoms with Crippen molar-refractivity contribution < 1.29 is 10.4 Å². The summed E-state index contributed by atoms with van der Waals surface area (Å²) in [5, 5.41) is 17.5. The van der Waals surface area contributed by atoms with Crippen molar-refractivity contribution in [2.45, 2.75) is 0 Å². The van der Waals surface area contributed by atoms with Crippen LogP contribution in [0.5, 0.6) is 0 Å². The van der Waals surface area contributed by atoms with Crippen molar-refractivity contribution in [3.8, 4) is 0 Å². The van der Waals surface area contributed by atoms with Gasteiger partial charge in [0.15, 0.2) is 0 Å². The van der Waals surface area contributed by atoms with Crippen LogP contribution >= 0.6 is 11.6 Å². The van der Waals surface area contributed by atoms with Gasteiger partial charge in [-0.25, -0.2) is 0 Å². The lowest BCUT2D eigenvalue weighted by Gasteiger charge is -2.05. The molecule has 10 heavy (non-hydrogen) atoms. The molecule has 0 heterocycles. The second-order valence-electron chi connectivity index (χ2n) is 1.77. The third kappa shape index (κ3) is 1.60. The lowest BCUT2D eigenvalue weighted by atomic mass is 10.3. The molecule has 0 atom stereocenters. The molecule has 1 aromatic carbocycles. The lowest BCUT2D eigenvalue weighted by Crippen LogP contribution is -2.10. The van der Waals surface area contributed by atoms with Crippen molar-refractivity contribution in [1.82, 2.24) is 0 Å². The second-order valence-corrected chi connectivity index (χ2v) is 2.20. The average Bonchev–Trinajstić information content (AvgIpc) is 1.88. The fourth-order valence-electron chi connectivity index (χ4n) is 0.574. The van der Waals surface area contributed by atoms with E-state index in [9.17, 15) is 0 Å². The molecular weight excluding hydrogens is 154 g/mol. The third-order valence-corrected chi connectivity index (χ3v) is 1.31. The highest BCUT2D eigenvalue weighted by Crippen LogP contribution is 2.14. The molecule has 0 saturated heterocycles. The van der Waals surface area contributed by atoms with Crippen LogP contribution in [0.25, 0.3) is 0 Å². The van der Waals surface area contributed by atoms with Crippen molar-refractivity contribution in [3.63, 3.8) is 0 Å². The fourth-order valence-corrected chi connectivity index (χ4v) is 0.700. The lowest BCUT2D eigenvalue weighted by molar-refractivity contribution is 0.0291. The monoisotopic (exact) mass is 159 g/mol. The van der Waals surface area contributed by atoms with Crippen LogP contribution in [0.4, 0.5) is 5.69 Å². The van der Waals surface area contributed by atoms with E-state index in [1.807, 2.05) is 0 Å². The van der Waals surface area contributed by atoms with Gasteiger partial charge in [-0.3, -0.25) is 10.4 Å². The molecule has 0 bridgehead atoms. The van der Waals surface area contributed by atoms with Crippen LogP contribution in [0.15, 0.2) is 24.3 Å². The van der Waals surface area contributed by atoms with Crippen LogP contribution in [0, 0.1) is 0 Å². The Morgan fingerprint density at radius 3 is 2.00 bits per heavy atom. The number of benzene rings is 1. The average molecular weight is 160 g/mol. The Morgan fingerprint density at radius 1 is 1.10 bits per heavy atom. The van der Waals surface area contributed by atoms with Gasteiger partial charge in [0, 0.05) is 5.02 Å². The Balaban J connectivity index is 2.89. The topological polar surface area (TPSA) is 43.7 Å². The first kappa shape index (κ1) is 7.34. The summed E-state index contributed by atoms with van der Waals surface area (Å²) in [5.74, 6) is 0. The molecule has 2 N–H and O–H groups in total. The summed E-state index contributed by atoms with van der Waals surface area (Å²) < 4.78 is 0. The molecule has 3 nitrogen and oxygen atoms in total. The fraction of sp³-hybridized carbons (Fsp3) is 0. The summed E-state index contributed by atoms with van der Waals surface area (Å²) in [4.78, 5) is 0. The smallest absolute Gasteiger partial charge is 0.0943 e. The molecule has 0 aromatic heterocycles. The normalized spacial score (nSPS) is 9.50. The predicted octanol–water partition coefficient (Wildman–Crippen LogP) is 1.92. The first-order valence-electron chi connectivity index (χ1n) is 2.63. The van der Waals surface area contributed by atoms with E-state index in [1.165, 1.54) is 12.1 Å². The van der Waals surface area contributed by atoms with Crippen molar-refractivity contribution >= 4 is 17.3 Å². The van der Waals surface area contributed by atoms with Gasteiger partial charge in [-0.1, -0.05) is 11.6 Å². The molecular formula is C6H6ClNO2. The molecule has 0 spiro atoms. The van der Waals surface area contributed by atoms with Crippen LogP contribution < -0.4 is 5.23 Å². The molecule has 0 radical (unpaired) electrons. The Bertz CT molecular complexity index is 209. The molecule has 0 aliphatic heterocycles. The largest absolute Gasteiger partial charge is 0.264 e. The standard InChI is InChI=1S/C6H6ClNO2/c7-5-1-3-6(4-2-5)8(9)10/h1-4,9-10H. The molecule has 1 aromatic rings. The van der Waals surface area contributed by atoms with Crippen LogP contribution in [0.1, 0.15) is 0 Å². The highest BCUT2D eigenvalue weighted by atomic mass is 35.5. The SMILES string of the molecule is ON(O)c1ccc(Cl)cc1. The highest BCUT2D eigenvalue weighted by molar-refractivity contribution is 6.30. The molecule has 0 amide bonds. The summed E-state index contributed by atoms with van der Waals surface area (Å²) in [6.07, 6.45) is 0. The Hall–Kier alpha value is -0.770. The van der Waals surface area contributed by atoms with Gasteiger partial charge in [0.1, 0.15) is 0 Å². The number of rotatable bonds is 1. The van der Waals surface area contributed by atoms with Crippen LogP contribution in [-0.4, -0.2) is 10.4 Å². The summed E-state index contributed by atoms with van der Waals surface area (Å²) in [6.45, 7) is 0. The number of anilines is 1. The van der Waals surface area contributed by atoms with Gasteiger partial charge >= 0.3 is 0 Å². The molecule has 1 rings (SSSR count). The maximum Gasteiger partial charge on any atom is 0.0943 e. The number of halogens is 1. The number of nitrogens with zero attached hydrogens (tertiary/aromatic N) is 1. The van der Waals surface area contributed by atoms with Gasteiger partial charge in [-0.05, 0) is 24.3 Å². The zero-order chi connectivity index (χ0) is 7.56. The van der Waals surface area contributed by atoms with E-state index >= 15 is 0 Å². The van der Waals surface area contributed by atoms with E-state index in [-0.39, 0.29) is 10.9 Å². The van der Waals surface area contributed by atoms with Gasteiger partial charge in [0.2, 0.25) is 0 Å². The van der Waals surface area contributed by atoms with E-state index < -0.39 is 0 Å². The summed E-state index contributed by atoms with van der Waals surface area (Å²) in [6, 6.07) is 6.11. The number of hydrogen-bond acceptors (Lipinski definition) is 3. The summed E-state index contributed by atoms with van der Waals surface area (Å²) in [7, 11) is 0. The maximum atomic E-state index is 8.46.